The zero-order valence-corrected chi connectivity index (χ0v) is 19.8. The van der Waals surface area contributed by atoms with Crippen molar-refractivity contribution in [1.29, 1.82) is 0 Å². The SMILES string of the molecule is COC(=O)c1cc(F)ccc1Oc1cncnc1C1NCC12CCN(C(=O)OC(C)(C)C)CC2. The minimum absolute atomic E-state index is 0.0285. The average molecular weight is 473 g/mol. The molecule has 1 aromatic carbocycles. The number of carbonyl (C=O) groups is 2. The summed E-state index contributed by atoms with van der Waals surface area (Å²) in [6.07, 6.45) is 4.21. The number of esters is 1. The molecule has 2 aliphatic heterocycles. The number of rotatable bonds is 4. The number of methoxy groups -OCH3 is 1. The summed E-state index contributed by atoms with van der Waals surface area (Å²) < 4.78 is 30.0. The predicted molar refractivity (Wildman–Crippen MR) is 120 cm³/mol. The highest BCUT2D eigenvalue weighted by Crippen LogP contribution is 2.50. The summed E-state index contributed by atoms with van der Waals surface area (Å²) in [4.78, 5) is 34.9. The average Bonchev–Trinajstić information content (AvgIpc) is 2.79. The van der Waals surface area contributed by atoms with Gasteiger partial charge in [-0.1, -0.05) is 0 Å². The van der Waals surface area contributed by atoms with Gasteiger partial charge in [0.15, 0.2) is 5.75 Å². The van der Waals surface area contributed by atoms with Gasteiger partial charge in [0, 0.05) is 25.0 Å². The van der Waals surface area contributed by atoms with Gasteiger partial charge in [-0.05, 0) is 51.8 Å². The Balaban J connectivity index is 1.52. The van der Waals surface area contributed by atoms with Gasteiger partial charge in [0.1, 0.15) is 34.8 Å². The van der Waals surface area contributed by atoms with Gasteiger partial charge >= 0.3 is 12.1 Å². The van der Waals surface area contributed by atoms with E-state index in [1.165, 1.54) is 31.8 Å². The highest BCUT2D eigenvalue weighted by molar-refractivity contribution is 5.92. The molecule has 1 amide bonds. The van der Waals surface area contributed by atoms with Gasteiger partial charge in [-0.3, -0.25) is 0 Å². The molecule has 2 saturated heterocycles. The number of hydrogen-bond acceptors (Lipinski definition) is 8. The first-order valence-electron chi connectivity index (χ1n) is 11.2. The lowest BCUT2D eigenvalue weighted by molar-refractivity contribution is -0.0195. The van der Waals surface area contributed by atoms with E-state index in [0.717, 1.165) is 25.5 Å². The molecule has 10 heteroatoms. The summed E-state index contributed by atoms with van der Waals surface area (Å²) in [5.74, 6) is -0.767. The largest absolute Gasteiger partial charge is 0.465 e. The maximum atomic E-state index is 13.7. The van der Waals surface area contributed by atoms with Crippen molar-refractivity contribution in [2.75, 3.05) is 26.7 Å². The molecule has 1 atom stereocenters. The minimum Gasteiger partial charge on any atom is -0.465 e. The molecule has 2 aliphatic rings. The number of nitrogens with zero attached hydrogens (tertiary/aromatic N) is 3. The van der Waals surface area contributed by atoms with Crippen molar-refractivity contribution in [1.82, 2.24) is 20.2 Å². The quantitative estimate of drug-likeness (QED) is 0.670. The van der Waals surface area contributed by atoms with Crippen LogP contribution in [0.15, 0.2) is 30.7 Å². The third-order valence-corrected chi connectivity index (χ3v) is 6.23. The van der Waals surface area contributed by atoms with E-state index >= 15 is 0 Å². The van der Waals surface area contributed by atoms with Crippen LogP contribution >= 0.6 is 0 Å². The Morgan fingerprint density at radius 3 is 2.56 bits per heavy atom. The van der Waals surface area contributed by atoms with E-state index in [1.54, 1.807) is 4.90 Å². The van der Waals surface area contributed by atoms with Crippen molar-refractivity contribution in [3.05, 3.63) is 47.8 Å². The van der Waals surface area contributed by atoms with Crippen molar-refractivity contribution in [3.8, 4) is 11.5 Å². The molecule has 1 unspecified atom stereocenters. The first-order chi connectivity index (χ1) is 16.1. The first-order valence-corrected chi connectivity index (χ1v) is 11.2. The summed E-state index contributed by atoms with van der Waals surface area (Å²) in [7, 11) is 1.22. The van der Waals surface area contributed by atoms with Crippen molar-refractivity contribution < 1.29 is 28.2 Å². The third-order valence-electron chi connectivity index (χ3n) is 6.23. The molecule has 0 radical (unpaired) electrons. The lowest BCUT2D eigenvalue weighted by Gasteiger charge is -2.54. The normalized spacial score (nSPS) is 19.3. The van der Waals surface area contributed by atoms with Gasteiger partial charge in [0.2, 0.25) is 0 Å². The zero-order chi connectivity index (χ0) is 24.5. The minimum atomic E-state index is -0.708. The summed E-state index contributed by atoms with van der Waals surface area (Å²) in [5.41, 5.74) is -0.0196. The van der Waals surface area contributed by atoms with E-state index in [9.17, 15) is 14.0 Å². The molecule has 34 heavy (non-hydrogen) atoms. The Bertz CT molecular complexity index is 1080. The molecule has 0 bridgehead atoms. The van der Waals surface area contributed by atoms with E-state index in [4.69, 9.17) is 14.2 Å². The topological polar surface area (TPSA) is 103 Å². The number of likely N-dealkylation sites (tertiary alicyclic amines) is 1. The molecule has 1 aromatic heterocycles. The van der Waals surface area contributed by atoms with Crippen LogP contribution in [0.4, 0.5) is 9.18 Å². The van der Waals surface area contributed by atoms with E-state index in [0.29, 0.717) is 24.5 Å². The van der Waals surface area contributed by atoms with Gasteiger partial charge in [-0.2, -0.15) is 0 Å². The lowest BCUT2D eigenvalue weighted by Crippen LogP contribution is -2.61. The maximum Gasteiger partial charge on any atom is 0.410 e. The number of piperidine rings is 1. The first kappa shape index (κ1) is 23.9. The van der Waals surface area contributed by atoms with E-state index in [2.05, 4.69) is 15.3 Å². The lowest BCUT2D eigenvalue weighted by atomic mass is 9.65. The van der Waals surface area contributed by atoms with E-state index in [1.807, 2.05) is 20.8 Å². The molecule has 182 valence electrons. The number of amides is 1. The van der Waals surface area contributed by atoms with Crippen LogP contribution in [0.3, 0.4) is 0 Å². The second kappa shape index (κ2) is 9.17. The Hall–Kier alpha value is -3.27. The highest BCUT2D eigenvalue weighted by Gasteiger charge is 2.51. The number of hydrogen-bond donors (Lipinski definition) is 1. The van der Waals surface area contributed by atoms with Crippen LogP contribution in [0.5, 0.6) is 11.5 Å². The van der Waals surface area contributed by atoms with Crippen molar-refractivity contribution in [2.24, 2.45) is 5.41 Å². The molecule has 9 nitrogen and oxygen atoms in total. The fraction of sp³-hybridized carbons (Fsp3) is 0.500. The molecule has 2 aromatic rings. The van der Waals surface area contributed by atoms with Crippen LogP contribution in [-0.4, -0.2) is 59.3 Å². The fourth-order valence-electron chi connectivity index (χ4n) is 4.41. The second-order valence-corrected chi connectivity index (χ2v) is 9.65. The Morgan fingerprint density at radius 2 is 1.94 bits per heavy atom. The Morgan fingerprint density at radius 1 is 1.21 bits per heavy atom. The van der Waals surface area contributed by atoms with Crippen LogP contribution in [-0.2, 0) is 9.47 Å². The summed E-state index contributed by atoms with van der Waals surface area (Å²) >= 11 is 0. The molecule has 2 fully saturated rings. The molecule has 0 saturated carbocycles. The highest BCUT2D eigenvalue weighted by atomic mass is 19.1. The van der Waals surface area contributed by atoms with Crippen LogP contribution in [0.1, 0.15) is 55.7 Å². The van der Waals surface area contributed by atoms with Gasteiger partial charge in [-0.25, -0.2) is 23.9 Å². The Labute approximate surface area is 197 Å². The predicted octanol–water partition coefficient (Wildman–Crippen LogP) is 3.86. The van der Waals surface area contributed by atoms with Crippen molar-refractivity contribution in [2.45, 2.75) is 45.3 Å². The summed E-state index contributed by atoms with van der Waals surface area (Å²) in [5, 5.41) is 3.43. The molecular formula is C24H29FN4O5. The van der Waals surface area contributed by atoms with Crippen LogP contribution in [0.25, 0.3) is 0 Å². The summed E-state index contributed by atoms with van der Waals surface area (Å²) in [6.45, 7) is 7.51. The van der Waals surface area contributed by atoms with Crippen LogP contribution < -0.4 is 10.1 Å². The molecule has 1 spiro atoms. The van der Waals surface area contributed by atoms with Crippen LogP contribution in [0, 0.1) is 11.2 Å². The monoisotopic (exact) mass is 472 g/mol. The maximum absolute atomic E-state index is 13.7. The number of ether oxygens (including phenoxy) is 3. The van der Waals surface area contributed by atoms with Gasteiger partial charge < -0.3 is 24.4 Å². The second-order valence-electron chi connectivity index (χ2n) is 9.65. The van der Waals surface area contributed by atoms with Crippen molar-refractivity contribution >= 4 is 12.1 Å². The molecule has 4 rings (SSSR count). The molecule has 3 heterocycles. The standard InChI is InChI=1S/C24H29FN4O5/c1-23(2,3)34-22(31)29-9-7-24(8-10-29)13-27-20(24)19-18(12-26-14-28-19)33-17-6-5-15(25)11-16(17)21(30)32-4/h5-6,11-12,14,20,27H,7-10,13H2,1-4H3. The van der Waals surface area contributed by atoms with Crippen molar-refractivity contribution in [3.63, 3.8) is 0 Å². The molecule has 0 aliphatic carbocycles. The number of carbonyl (C=O) groups excluding carboxylic acids is 2. The number of halogens is 1. The van der Waals surface area contributed by atoms with E-state index < -0.39 is 17.4 Å². The number of nitrogens with one attached hydrogen (secondary N) is 1. The third kappa shape index (κ3) is 4.82. The summed E-state index contributed by atoms with van der Waals surface area (Å²) in [6, 6.07) is 3.54. The van der Waals surface area contributed by atoms with Gasteiger partial charge in [-0.15, -0.1) is 0 Å². The van der Waals surface area contributed by atoms with E-state index in [-0.39, 0.29) is 28.9 Å². The number of benzene rings is 1. The zero-order valence-electron chi connectivity index (χ0n) is 19.8. The number of aromatic nitrogens is 2. The molecule has 1 N–H and O–H groups in total. The Kier molecular flexibility index (Phi) is 6.44. The van der Waals surface area contributed by atoms with Gasteiger partial charge in [0.05, 0.1) is 19.3 Å². The van der Waals surface area contributed by atoms with Gasteiger partial charge in [0.25, 0.3) is 0 Å². The van der Waals surface area contributed by atoms with Crippen LogP contribution in [0.2, 0.25) is 0 Å². The molecular weight excluding hydrogens is 443 g/mol. The smallest absolute Gasteiger partial charge is 0.410 e. The fourth-order valence-corrected chi connectivity index (χ4v) is 4.41.